The summed E-state index contributed by atoms with van der Waals surface area (Å²) >= 11 is 1.54. The summed E-state index contributed by atoms with van der Waals surface area (Å²) in [6.45, 7) is 0.478. The third kappa shape index (κ3) is 3.98. The minimum Gasteiger partial charge on any atom is -0.352 e. The summed E-state index contributed by atoms with van der Waals surface area (Å²) in [6, 6.07) is 11.2. The highest BCUT2D eigenvalue weighted by atomic mass is 32.1. The van der Waals surface area contributed by atoms with Crippen LogP contribution in [0.5, 0.6) is 0 Å². The smallest absolute Gasteiger partial charge is 0.251 e. The normalized spacial score (nSPS) is 10.5. The Hall–Kier alpha value is -2.60. The van der Waals surface area contributed by atoms with Gasteiger partial charge in [-0.3, -0.25) is 9.78 Å². The number of rotatable bonds is 5. The van der Waals surface area contributed by atoms with Crippen LogP contribution >= 0.6 is 11.3 Å². The van der Waals surface area contributed by atoms with Crippen LogP contribution < -0.4 is 5.32 Å². The average molecular weight is 327 g/mol. The minimum absolute atomic E-state index is 0.216. The standard InChI is InChI=1S/C17H14FN3OS/c18-13-6-4-12(5-7-13)17(22)20-10-8-16-21-15(11-23-16)14-3-1-2-9-19-14/h1-7,9,11H,8,10H2,(H,20,22). The molecule has 0 bridgehead atoms. The summed E-state index contributed by atoms with van der Waals surface area (Å²) in [5, 5.41) is 5.70. The van der Waals surface area contributed by atoms with Crippen molar-refractivity contribution in [2.75, 3.05) is 6.54 Å². The first-order valence-corrected chi connectivity index (χ1v) is 8.00. The van der Waals surface area contributed by atoms with Crippen LogP contribution in [0.2, 0.25) is 0 Å². The van der Waals surface area contributed by atoms with Crippen molar-refractivity contribution in [3.8, 4) is 11.4 Å². The van der Waals surface area contributed by atoms with Crippen molar-refractivity contribution in [2.24, 2.45) is 0 Å². The number of thiazole rings is 1. The Labute approximate surface area is 137 Å². The predicted molar refractivity (Wildman–Crippen MR) is 87.8 cm³/mol. The lowest BCUT2D eigenvalue weighted by Crippen LogP contribution is -2.25. The Morgan fingerprint density at radius 1 is 1.13 bits per heavy atom. The van der Waals surface area contributed by atoms with Gasteiger partial charge in [-0.1, -0.05) is 6.07 Å². The lowest BCUT2D eigenvalue weighted by molar-refractivity contribution is 0.0954. The zero-order valence-corrected chi connectivity index (χ0v) is 13.0. The number of aromatic nitrogens is 2. The van der Waals surface area contributed by atoms with Gasteiger partial charge in [0.1, 0.15) is 5.82 Å². The van der Waals surface area contributed by atoms with E-state index in [1.165, 1.54) is 24.3 Å². The van der Waals surface area contributed by atoms with Gasteiger partial charge in [0.05, 0.1) is 16.4 Å². The zero-order chi connectivity index (χ0) is 16.1. The summed E-state index contributed by atoms with van der Waals surface area (Å²) in [4.78, 5) is 20.7. The van der Waals surface area contributed by atoms with Crippen molar-refractivity contribution in [3.05, 3.63) is 70.4 Å². The summed E-state index contributed by atoms with van der Waals surface area (Å²) < 4.78 is 12.8. The first-order valence-electron chi connectivity index (χ1n) is 7.12. The molecule has 0 saturated heterocycles. The van der Waals surface area contributed by atoms with Gasteiger partial charge in [0.25, 0.3) is 5.91 Å². The number of pyridine rings is 1. The fourth-order valence-corrected chi connectivity index (χ4v) is 2.84. The van der Waals surface area contributed by atoms with Crippen LogP contribution in [0.1, 0.15) is 15.4 Å². The predicted octanol–water partition coefficient (Wildman–Crippen LogP) is 3.32. The van der Waals surface area contributed by atoms with Crippen LogP contribution in [0.15, 0.2) is 54.0 Å². The molecule has 23 heavy (non-hydrogen) atoms. The molecule has 3 aromatic rings. The highest BCUT2D eigenvalue weighted by molar-refractivity contribution is 7.09. The molecular weight excluding hydrogens is 313 g/mol. The van der Waals surface area contributed by atoms with Gasteiger partial charge in [-0.25, -0.2) is 9.37 Å². The number of hydrogen-bond acceptors (Lipinski definition) is 4. The Morgan fingerprint density at radius 2 is 1.96 bits per heavy atom. The van der Waals surface area contributed by atoms with Crippen molar-refractivity contribution in [1.29, 1.82) is 0 Å². The van der Waals surface area contributed by atoms with Gasteiger partial charge >= 0.3 is 0 Å². The van der Waals surface area contributed by atoms with Gasteiger partial charge in [-0.15, -0.1) is 11.3 Å². The number of carbonyl (C=O) groups excluding carboxylic acids is 1. The maximum Gasteiger partial charge on any atom is 0.251 e. The molecule has 0 spiro atoms. The van der Waals surface area contributed by atoms with E-state index in [-0.39, 0.29) is 11.7 Å². The Balaban J connectivity index is 1.54. The molecule has 0 unspecified atom stereocenters. The topological polar surface area (TPSA) is 54.9 Å². The highest BCUT2D eigenvalue weighted by Gasteiger charge is 2.07. The fourth-order valence-electron chi connectivity index (χ4n) is 2.04. The molecule has 0 aliphatic heterocycles. The Bertz CT molecular complexity index is 787. The third-order valence-electron chi connectivity index (χ3n) is 3.21. The van der Waals surface area contributed by atoms with Crippen molar-refractivity contribution >= 4 is 17.2 Å². The number of nitrogens with one attached hydrogen (secondary N) is 1. The van der Waals surface area contributed by atoms with E-state index in [0.717, 1.165) is 16.4 Å². The third-order valence-corrected chi connectivity index (χ3v) is 4.12. The Kier molecular flexibility index (Phi) is 4.73. The van der Waals surface area contributed by atoms with E-state index in [1.807, 2.05) is 23.6 Å². The lowest BCUT2D eigenvalue weighted by Gasteiger charge is -2.03. The molecule has 0 radical (unpaired) electrons. The van der Waals surface area contributed by atoms with Gasteiger partial charge in [0, 0.05) is 30.1 Å². The lowest BCUT2D eigenvalue weighted by atomic mass is 10.2. The number of carbonyl (C=O) groups is 1. The summed E-state index contributed by atoms with van der Waals surface area (Å²) in [6.07, 6.45) is 2.38. The number of hydrogen-bond donors (Lipinski definition) is 1. The van der Waals surface area contributed by atoms with Crippen molar-refractivity contribution in [1.82, 2.24) is 15.3 Å². The molecule has 1 aromatic carbocycles. The molecule has 1 amide bonds. The van der Waals surface area contributed by atoms with E-state index >= 15 is 0 Å². The molecule has 0 fully saturated rings. The van der Waals surface area contributed by atoms with Gasteiger partial charge in [0.15, 0.2) is 0 Å². The molecule has 1 N–H and O–H groups in total. The molecule has 0 atom stereocenters. The summed E-state index contributed by atoms with van der Waals surface area (Å²) in [5.74, 6) is -0.571. The van der Waals surface area contributed by atoms with Crippen LogP contribution in [0, 0.1) is 5.82 Å². The van der Waals surface area contributed by atoms with Gasteiger partial charge < -0.3 is 5.32 Å². The quantitative estimate of drug-likeness (QED) is 0.782. The van der Waals surface area contributed by atoms with Crippen LogP contribution in [0.3, 0.4) is 0 Å². The fraction of sp³-hybridized carbons (Fsp3) is 0.118. The molecule has 4 nitrogen and oxygen atoms in total. The number of halogens is 1. The van der Waals surface area contributed by atoms with Gasteiger partial charge in [-0.05, 0) is 36.4 Å². The van der Waals surface area contributed by atoms with Gasteiger partial charge in [0.2, 0.25) is 0 Å². The number of amides is 1. The number of nitrogens with zero attached hydrogens (tertiary/aromatic N) is 2. The van der Waals surface area contributed by atoms with Crippen LogP contribution in [0.4, 0.5) is 4.39 Å². The number of benzene rings is 1. The maximum atomic E-state index is 12.8. The molecule has 0 aliphatic carbocycles. The van der Waals surface area contributed by atoms with Gasteiger partial charge in [-0.2, -0.15) is 0 Å². The summed E-state index contributed by atoms with van der Waals surface area (Å²) in [7, 11) is 0. The second-order valence-corrected chi connectivity index (χ2v) is 5.80. The largest absolute Gasteiger partial charge is 0.352 e. The second-order valence-electron chi connectivity index (χ2n) is 4.85. The average Bonchev–Trinajstić information content (AvgIpc) is 3.05. The van der Waals surface area contributed by atoms with Crippen molar-refractivity contribution in [3.63, 3.8) is 0 Å². The highest BCUT2D eigenvalue weighted by Crippen LogP contribution is 2.19. The Morgan fingerprint density at radius 3 is 2.70 bits per heavy atom. The zero-order valence-electron chi connectivity index (χ0n) is 12.2. The van der Waals surface area contributed by atoms with E-state index in [1.54, 1.807) is 17.5 Å². The van der Waals surface area contributed by atoms with Crippen molar-refractivity contribution < 1.29 is 9.18 Å². The first-order chi connectivity index (χ1) is 11.2. The molecule has 116 valence electrons. The van der Waals surface area contributed by atoms with Crippen LogP contribution in [-0.2, 0) is 6.42 Å². The monoisotopic (exact) mass is 327 g/mol. The van der Waals surface area contributed by atoms with E-state index in [9.17, 15) is 9.18 Å². The van der Waals surface area contributed by atoms with E-state index in [4.69, 9.17) is 0 Å². The van der Waals surface area contributed by atoms with E-state index in [0.29, 0.717) is 18.5 Å². The second kappa shape index (κ2) is 7.11. The van der Waals surface area contributed by atoms with Crippen molar-refractivity contribution in [2.45, 2.75) is 6.42 Å². The summed E-state index contributed by atoms with van der Waals surface area (Å²) in [5.41, 5.74) is 2.13. The molecule has 2 aromatic heterocycles. The van der Waals surface area contributed by atoms with E-state index < -0.39 is 0 Å². The molecule has 2 heterocycles. The molecule has 6 heteroatoms. The maximum absolute atomic E-state index is 12.8. The molecule has 0 saturated carbocycles. The van der Waals surface area contributed by atoms with Crippen LogP contribution in [0.25, 0.3) is 11.4 Å². The SMILES string of the molecule is O=C(NCCc1nc(-c2ccccn2)cs1)c1ccc(F)cc1. The molecule has 3 rings (SSSR count). The van der Waals surface area contributed by atoms with E-state index in [2.05, 4.69) is 15.3 Å². The molecule has 0 aliphatic rings. The molecular formula is C17H14FN3OS. The minimum atomic E-state index is -0.355. The van der Waals surface area contributed by atoms with Crippen LogP contribution in [-0.4, -0.2) is 22.4 Å². The first kappa shape index (κ1) is 15.3.